The van der Waals surface area contributed by atoms with Crippen LogP contribution in [0.4, 0.5) is 0 Å². The molecular weight excluding hydrogens is 605 g/mol. The number of hydrogen-bond donors (Lipinski definition) is 4. The first-order valence-electron chi connectivity index (χ1n) is 13.5. The molecule has 0 aromatic carbocycles. The minimum Gasteiger partial charge on any atom is -0.480 e. The summed E-state index contributed by atoms with van der Waals surface area (Å²) in [5, 5.41) is 23.7. The molecule has 4 heterocycles. The molecule has 0 bridgehead atoms. The third-order valence-corrected chi connectivity index (χ3v) is 11.4. The van der Waals surface area contributed by atoms with Crippen LogP contribution in [-0.4, -0.2) is 100 Å². The largest absolute Gasteiger partial charge is 0.480 e. The number of carboxylic acids is 2. The van der Waals surface area contributed by atoms with Gasteiger partial charge in [0.1, 0.15) is 5.75 Å². The second-order valence-electron chi connectivity index (χ2n) is 10.5. The van der Waals surface area contributed by atoms with Crippen LogP contribution in [-0.2, 0) is 20.7 Å². The van der Waals surface area contributed by atoms with Crippen LogP contribution >= 0.6 is 46.2 Å². The van der Waals surface area contributed by atoms with Crippen LogP contribution in [0.3, 0.4) is 0 Å². The van der Waals surface area contributed by atoms with Crippen molar-refractivity contribution in [2.75, 3.05) is 50.2 Å². The average Bonchev–Trinajstić information content (AvgIpc) is 3.76. The van der Waals surface area contributed by atoms with Gasteiger partial charge in [-0.15, -0.1) is 22.7 Å². The van der Waals surface area contributed by atoms with Crippen LogP contribution in [0, 0.1) is 0 Å². The minimum atomic E-state index is -1.69. The fourth-order valence-corrected chi connectivity index (χ4v) is 9.28. The zero-order valence-electron chi connectivity index (χ0n) is 23.2. The maximum Gasteiger partial charge on any atom is 0.344 e. The Morgan fingerprint density at radius 2 is 1.29 bits per heavy atom. The van der Waals surface area contributed by atoms with Gasteiger partial charge in [0, 0.05) is 32.0 Å². The number of nitrogens with zero attached hydrogens (tertiary/aromatic N) is 2. The van der Waals surface area contributed by atoms with E-state index in [1.807, 2.05) is 12.5 Å². The van der Waals surface area contributed by atoms with E-state index in [0.717, 1.165) is 74.5 Å². The molecule has 0 amide bonds. The molecule has 6 N–H and O–H groups in total. The number of likely N-dealkylation sites (tertiary alicyclic amines) is 2. The molecule has 2 aromatic heterocycles. The highest BCUT2D eigenvalue weighted by atomic mass is 32.2. The Kier molecular flexibility index (Phi) is 10.8. The highest BCUT2D eigenvalue weighted by Crippen LogP contribution is 2.38. The van der Waals surface area contributed by atoms with E-state index in [0.29, 0.717) is 21.3 Å². The lowest BCUT2D eigenvalue weighted by Crippen LogP contribution is -2.61. The number of carbonyl (C=O) groups is 3. The molecule has 2 aliphatic heterocycles. The van der Waals surface area contributed by atoms with Crippen molar-refractivity contribution in [3.8, 4) is 5.75 Å². The molecule has 0 spiro atoms. The van der Waals surface area contributed by atoms with Crippen LogP contribution in [0.25, 0.3) is 0 Å². The predicted molar refractivity (Wildman–Crippen MR) is 167 cm³/mol. The molecule has 0 aliphatic carbocycles. The van der Waals surface area contributed by atoms with Crippen LogP contribution in [0.2, 0.25) is 0 Å². The molecule has 0 radical (unpaired) electrons. The van der Waals surface area contributed by atoms with Gasteiger partial charge in [-0.3, -0.25) is 9.80 Å². The monoisotopic (exact) mass is 642 g/mol. The van der Waals surface area contributed by atoms with E-state index in [-0.39, 0.29) is 11.3 Å². The summed E-state index contributed by atoms with van der Waals surface area (Å²) >= 11 is 5.37. The number of rotatable bonds is 14. The first-order valence-corrected chi connectivity index (χ1v) is 18.0. The maximum atomic E-state index is 13.1. The van der Waals surface area contributed by atoms with Gasteiger partial charge < -0.3 is 26.4 Å². The highest BCUT2D eigenvalue weighted by Gasteiger charge is 2.49. The molecule has 2 saturated heterocycles. The van der Waals surface area contributed by atoms with Gasteiger partial charge in [0.2, 0.25) is 0 Å². The Morgan fingerprint density at radius 1 is 0.854 bits per heavy atom. The van der Waals surface area contributed by atoms with Crippen LogP contribution in [0.15, 0.2) is 22.9 Å². The summed E-state index contributed by atoms with van der Waals surface area (Å²) in [6, 6.07) is 2.18. The summed E-state index contributed by atoms with van der Waals surface area (Å²) in [4.78, 5) is 43.3. The fraction of sp³-hybridized carbons (Fsp3) is 0.593. The third kappa shape index (κ3) is 6.49. The third-order valence-electron chi connectivity index (χ3n) is 8.01. The van der Waals surface area contributed by atoms with Gasteiger partial charge in [-0.25, -0.2) is 14.4 Å². The van der Waals surface area contributed by atoms with Crippen molar-refractivity contribution in [2.24, 2.45) is 11.5 Å². The van der Waals surface area contributed by atoms with Crippen LogP contribution < -0.4 is 16.2 Å². The number of esters is 1. The normalized spacial score (nSPS) is 20.8. The molecule has 4 atom stereocenters. The Labute approximate surface area is 256 Å². The number of carboxylic acid groups (broad SMARTS) is 2. The van der Waals surface area contributed by atoms with Crippen molar-refractivity contribution in [2.45, 2.75) is 48.8 Å². The predicted octanol–water partition coefficient (Wildman–Crippen LogP) is 3.16. The molecule has 226 valence electrons. The van der Waals surface area contributed by atoms with Crippen molar-refractivity contribution in [3.05, 3.63) is 38.2 Å². The number of nitrogens with two attached hydrogens (primary N) is 2. The Balaban J connectivity index is 1.56. The molecule has 2 fully saturated rings. The zero-order chi connectivity index (χ0) is 29.8. The number of ether oxygens (including phenoxy) is 1. The Hall–Kier alpha value is -1.65. The van der Waals surface area contributed by atoms with E-state index in [4.69, 9.17) is 16.2 Å². The van der Waals surface area contributed by atoms with Crippen LogP contribution in [0.5, 0.6) is 5.75 Å². The van der Waals surface area contributed by atoms with Gasteiger partial charge in [-0.1, -0.05) is 0 Å². The SMILES string of the molecule is CSCC(N1CCCC1)C(N)(C(=O)O)c1cc(OC(=O)c2csc(C(N)(C(=O)O)C(CSC)N3CCCC3)c2)cs1. The van der Waals surface area contributed by atoms with Gasteiger partial charge in [0.05, 0.1) is 17.6 Å². The summed E-state index contributed by atoms with van der Waals surface area (Å²) < 4.78 is 5.62. The molecule has 2 aliphatic rings. The van der Waals surface area contributed by atoms with E-state index in [1.54, 1.807) is 34.3 Å². The van der Waals surface area contributed by atoms with Gasteiger partial charge in [-0.2, -0.15) is 23.5 Å². The zero-order valence-corrected chi connectivity index (χ0v) is 26.5. The molecule has 4 unspecified atom stereocenters. The van der Waals surface area contributed by atoms with E-state index in [9.17, 15) is 24.6 Å². The second-order valence-corrected chi connectivity index (χ2v) is 14.2. The Bertz CT molecular complexity index is 1230. The average molecular weight is 643 g/mol. The van der Waals surface area contributed by atoms with E-state index in [1.165, 1.54) is 12.1 Å². The summed E-state index contributed by atoms with van der Waals surface area (Å²) in [6.07, 6.45) is 7.83. The standard InChI is InChI=1S/C27H38N4O6S4/c1-38-15-19(30-7-3-4-8-30)26(28,24(33)34)21-11-17(13-40-21)23(32)37-18-12-22(41-14-18)27(29,25(35)36)20(16-39-2)31-9-5-6-10-31/h11-14,19-20H,3-10,15-16,28-29H2,1-2H3,(H,33,34)(H,35,36). The topological polar surface area (TPSA) is 159 Å². The van der Waals surface area contributed by atoms with Gasteiger partial charge in [0.15, 0.2) is 11.1 Å². The fourth-order valence-electron chi connectivity index (χ4n) is 5.71. The van der Waals surface area contributed by atoms with Crippen molar-refractivity contribution in [3.63, 3.8) is 0 Å². The lowest BCUT2D eigenvalue weighted by molar-refractivity contribution is -0.147. The number of aliphatic carboxylic acids is 2. The number of hydrogen-bond acceptors (Lipinski definition) is 12. The maximum absolute atomic E-state index is 13.1. The molecule has 0 saturated carbocycles. The van der Waals surface area contributed by atoms with E-state index < -0.39 is 41.1 Å². The highest BCUT2D eigenvalue weighted by molar-refractivity contribution is 7.98. The van der Waals surface area contributed by atoms with Crippen molar-refractivity contribution in [1.29, 1.82) is 0 Å². The first kappa shape index (κ1) is 32.3. The summed E-state index contributed by atoms with van der Waals surface area (Å²) in [7, 11) is 0. The van der Waals surface area contributed by atoms with Crippen LogP contribution in [0.1, 0.15) is 45.8 Å². The first-order chi connectivity index (χ1) is 19.6. The lowest BCUT2D eigenvalue weighted by Gasteiger charge is -2.38. The second kappa shape index (κ2) is 13.8. The van der Waals surface area contributed by atoms with Crippen molar-refractivity contribution < 1.29 is 29.3 Å². The summed E-state index contributed by atoms with van der Waals surface area (Å²) in [5.41, 5.74) is 10.1. The summed E-state index contributed by atoms with van der Waals surface area (Å²) in [5.74, 6) is -1.66. The Morgan fingerprint density at radius 3 is 1.73 bits per heavy atom. The summed E-state index contributed by atoms with van der Waals surface area (Å²) in [6.45, 7) is 3.15. The number of carbonyl (C=O) groups excluding carboxylic acids is 1. The quantitative estimate of drug-likeness (QED) is 0.223. The van der Waals surface area contributed by atoms with E-state index in [2.05, 4.69) is 9.80 Å². The molecule has 14 heteroatoms. The molecule has 41 heavy (non-hydrogen) atoms. The lowest BCUT2D eigenvalue weighted by atomic mass is 9.89. The number of thioether (sulfide) groups is 2. The smallest absolute Gasteiger partial charge is 0.344 e. The minimum absolute atomic E-state index is 0.188. The molecule has 2 aromatic rings. The molecule has 4 rings (SSSR count). The van der Waals surface area contributed by atoms with Crippen molar-refractivity contribution in [1.82, 2.24) is 9.80 Å². The van der Waals surface area contributed by atoms with Gasteiger partial charge in [-0.05, 0) is 76.5 Å². The molecular formula is C27H38N4O6S4. The number of thiophene rings is 2. The van der Waals surface area contributed by atoms with E-state index >= 15 is 0 Å². The van der Waals surface area contributed by atoms with Gasteiger partial charge >= 0.3 is 17.9 Å². The molecule has 10 nitrogen and oxygen atoms in total. The van der Waals surface area contributed by atoms with Gasteiger partial charge in [0.25, 0.3) is 0 Å². The van der Waals surface area contributed by atoms with Crippen molar-refractivity contribution >= 4 is 64.1 Å².